The second-order valence-electron chi connectivity index (χ2n) is 4.06. The Hall–Kier alpha value is -1.60. The van der Waals surface area contributed by atoms with Crippen LogP contribution in [0.1, 0.15) is 24.8 Å². The Morgan fingerprint density at radius 3 is 2.88 bits per heavy atom. The summed E-state index contributed by atoms with van der Waals surface area (Å²) in [6.45, 7) is 0. The first kappa shape index (κ1) is 10.9. The number of halogens is 1. The summed E-state index contributed by atoms with van der Waals surface area (Å²) in [6, 6.07) is 6.13. The van der Waals surface area contributed by atoms with E-state index in [9.17, 15) is 9.50 Å². The van der Waals surface area contributed by atoms with E-state index >= 15 is 0 Å². The van der Waals surface area contributed by atoms with Gasteiger partial charge in [0.1, 0.15) is 11.9 Å². The lowest BCUT2D eigenvalue weighted by Crippen LogP contribution is -2.27. The molecular weight excluding hydrogens is 207 g/mol. The number of benzene rings is 1. The number of aliphatic hydroxyl groups is 1. The molecule has 0 heterocycles. The van der Waals surface area contributed by atoms with Crippen LogP contribution in [0.25, 0.3) is 0 Å². The molecule has 0 spiro atoms. The normalized spacial score (nSPS) is 24.1. The first-order valence-electron chi connectivity index (χ1n) is 5.35. The van der Waals surface area contributed by atoms with Gasteiger partial charge in [0.15, 0.2) is 0 Å². The maximum Gasteiger partial charge on any atom is 0.141 e. The van der Waals surface area contributed by atoms with Gasteiger partial charge in [-0.1, -0.05) is 0 Å². The Labute approximate surface area is 93.5 Å². The molecule has 1 saturated carbocycles. The first-order valence-corrected chi connectivity index (χ1v) is 5.35. The number of nitrogens with zero attached hydrogens (tertiary/aromatic N) is 1. The molecule has 2 N–H and O–H groups in total. The molecule has 1 fully saturated rings. The van der Waals surface area contributed by atoms with Crippen molar-refractivity contribution in [2.24, 2.45) is 0 Å². The summed E-state index contributed by atoms with van der Waals surface area (Å²) in [5.74, 6) is -0.514. The van der Waals surface area contributed by atoms with E-state index in [4.69, 9.17) is 5.26 Å². The minimum Gasteiger partial charge on any atom is -0.391 e. The molecule has 84 valence electrons. The van der Waals surface area contributed by atoms with E-state index in [1.54, 1.807) is 12.1 Å². The molecule has 0 aromatic heterocycles. The Bertz CT molecular complexity index is 428. The molecular formula is C12H13FN2O. The van der Waals surface area contributed by atoms with Crippen LogP contribution in [0.3, 0.4) is 0 Å². The van der Waals surface area contributed by atoms with Crippen molar-refractivity contribution in [1.29, 1.82) is 5.26 Å². The molecule has 1 aliphatic carbocycles. The molecule has 0 aliphatic heterocycles. The fourth-order valence-electron chi connectivity index (χ4n) is 2.02. The van der Waals surface area contributed by atoms with Gasteiger partial charge in [-0.15, -0.1) is 0 Å². The van der Waals surface area contributed by atoms with Crippen molar-refractivity contribution < 1.29 is 9.50 Å². The van der Waals surface area contributed by atoms with E-state index in [-0.39, 0.29) is 17.7 Å². The molecule has 3 nitrogen and oxygen atoms in total. The third-order valence-corrected chi connectivity index (χ3v) is 2.92. The third-order valence-electron chi connectivity index (χ3n) is 2.92. The van der Waals surface area contributed by atoms with Gasteiger partial charge in [0.2, 0.25) is 0 Å². The first-order chi connectivity index (χ1) is 7.70. The highest BCUT2D eigenvalue weighted by Crippen LogP contribution is 2.23. The Kier molecular flexibility index (Phi) is 3.07. The lowest BCUT2D eigenvalue weighted by atomic mass is 10.1. The molecule has 0 saturated heterocycles. The second kappa shape index (κ2) is 4.50. The number of nitriles is 1. The number of nitrogens with one attached hydrogen (secondary N) is 1. The van der Waals surface area contributed by atoms with Crippen LogP contribution in [-0.2, 0) is 0 Å². The summed E-state index contributed by atoms with van der Waals surface area (Å²) >= 11 is 0. The zero-order valence-electron chi connectivity index (χ0n) is 8.78. The number of rotatable bonds is 2. The van der Waals surface area contributed by atoms with Crippen molar-refractivity contribution in [2.45, 2.75) is 31.4 Å². The summed E-state index contributed by atoms with van der Waals surface area (Å²) in [4.78, 5) is 0. The Morgan fingerprint density at radius 1 is 1.44 bits per heavy atom. The van der Waals surface area contributed by atoms with Crippen molar-refractivity contribution in [3.8, 4) is 6.07 Å². The Morgan fingerprint density at radius 2 is 2.25 bits per heavy atom. The minimum absolute atomic E-state index is 0.0111. The lowest BCUT2D eigenvalue weighted by molar-refractivity contribution is 0.172. The highest BCUT2D eigenvalue weighted by molar-refractivity contribution is 5.50. The predicted octanol–water partition coefficient (Wildman–Crippen LogP) is 2.02. The van der Waals surface area contributed by atoms with Gasteiger partial charge in [0.05, 0.1) is 17.7 Å². The van der Waals surface area contributed by atoms with Gasteiger partial charge in [0.25, 0.3) is 0 Å². The van der Waals surface area contributed by atoms with Gasteiger partial charge in [-0.3, -0.25) is 0 Å². The van der Waals surface area contributed by atoms with E-state index < -0.39 is 5.82 Å². The summed E-state index contributed by atoms with van der Waals surface area (Å²) in [5.41, 5.74) is 0.710. The maximum atomic E-state index is 13.1. The number of hydrogen-bond donors (Lipinski definition) is 2. The van der Waals surface area contributed by atoms with Crippen LogP contribution in [0.2, 0.25) is 0 Å². The van der Waals surface area contributed by atoms with Crippen molar-refractivity contribution in [3.63, 3.8) is 0 Å². The van der Waals surface area contributed by atoms with Crippen molar-refractivity contribution >= 4 is 5.69 Å². The number of anilines is 1. The topological polar surface area (TPSA) is 56.0 Å². The van der Waals surface area contributed by atoms with Crippen molar-refractivity contribution in [3.05, 3.63) is 29.6 Å². The van der Waals surface area contributed by atoms with Gasteiger partial charge in [-0.25, -0.2) is 4.39 Å². The zero-order valence-corrected chi connectivity index (χ0v) is 8.78. The van der Waals surface area contributed by atoms with E-state index in [0.717, 1.165) is 19.3 Å². The van der Waals surface area contributed by atoms with Crippen LogP contribution in [0.4, 0.5) is 10.1 Å². The van der Waals surface area contributed by atoms with Crippen LogP contribution >= 0.6 is 0 Å². The SMILES string of the molecule is N#Cc1cc(N[C@@H]2CCC[C@H]2O)ccc1F. The number of hydrogen-bond acceptors (Lipinski definition) is 3. The van der Waals surface area contributed by atoms with E-state index in [1.807, 2.05) is 0 Å². The highest BCUT2D eigenvalue weighted by atomic mass is 19.1. The molecule has 2 rings (SSSR count). The smallest absolute Gasteiger partial charge is 0.141 e. The molecule has 0 amide bonds. The molecule has 2 atom stereocenters. The minimum atomic E-state index is -0.514. The molecule has 1 aliphatic rings. The van der Waals surface area contributed by atoms with Crippen molar-refractivity contribution in [1.82, 2.24) is 0 Å². The summed E-state index contributed by atoms with van der Waals surface area (Å²) in [5, 5.41) is 21.4. The van der Waals surface area contributed by atoms with Crippen LogP contribution in [0.5, 0.6) is 0 Å². The average Bonchev–Trinajstić information content (AvgIpc) is 2.67. The summed E-state index contributed by atoms with van der Waals surface area (Å²) < 4.78 is 13.1. The predicted molar refractivity (Wildman–Crippen MR) is 58.4 cm³/mol. The molecule has 1 aromatic carbocycles. The van der Waals surface area contributed by atoms with E-state index in [0.29, 0.717) is 5.69 Å². The quantitative estimate of drug-likeness (QED) is 0.801. The second-order valence-corrected chi connectivity index (χ2v) is 4.06. The molecule has 0 bridgehead atoms. The molecule has 16 heavy (non-hydrogen) atoms. The van der Waals surface area contributed by atoms with Gasteiger partial charge in [0, 0.05) is 5.69 Å². The van der Waals surface area contributed by atoms with Crippen molar-refractivity contribution in [2.75, 3.05) is 5.32 Å². The van der Waals surface area contributed by atoms with Gasteiger partial charge < -0.3 is 10.4 Å². The zero-order chi connectivity index (χ0) is 11.5. The Balaban J connectivity index is 2.13. The standard InChI is InChI=1S/C12H13FN2O/c13-10-5-4-9(6-8(10)7-14)15-11-2-1-3-12(11)16/h4-6,11-12,15-16H,1-3H2/t11-,12-/m1/s1. The van der Waals surface area contributed by atoms with Gasteiger partial charge in [-0.05, 0) is 37.5 Å². The summed E-state index contributed by atoms with van der Waals surface area (Å²) in [6.07, 6.45) is 2.34. The van der Waals surface area contributed by atoms with Gasteiger partial charge >= 0.3 is 0 Å². The molecule has 1 aromatic rings. The van der Waals surface area contributed by atoms with Crippen LogP contribution in [-0.4, -0.2) is 17.3 Å². The lowest BCUT2D eigenvalue weighted by Gasteiger charge is -2.17. The van der Waals surface area contributed by atoms with E-state index in [2.05, 4.69) is 5.32 Å². The average molecular weight is 220 g/mol. The third kappa shape index (κ3) is 2.15. The van der Waals surface area contributed by atoms with E-state index in [1.165, 1.54) is 12.1 Å². The molecule has 0 unspecified atom stereocenters. The van der Waals surface area contributed by atoms with Crippen LogP contribution < -0.4 is 5.32 Å². The maximum absolute atomic E-state index is 13.1. The van der Waals surface area contributed by atoms with Crippen LogP contribution in [0, 0.1) is 17.1 Å². The van der Waals surface area contributed by atoms with Gasteiger partial charge in [-0.2, -0.15) is 5.26 Å². The fourth-order valence-corrected chi connectivity index (χ4v) is 2.02. The number of aliphatic hydroxyl groups excluding tert-OH is 1. The fraction of sp³-hybridized carbons (Fsp3) is 0.417. The monoisotopic (exact) mass is 220 g/mol. The molecule has 0 radical (unpaired) electrons. The molecule has 4 heteroatoms. The highest BCUT2D eigenvalue weighted by Gasteiger charge is 2.24. The summed E-state index contributed by atoms with van der Waals surface area (Å²) in [7, 11) is 0. The largest absolute Gasteiger partial charge is 0.391 e. The van der Waals surface area contributed by atoms with Crippen LogP contribution in [0.15, 0.2) is 18.2 Å².